The van der Waals surface area contributed by atoms with Gasteiger partial charge in [-0.05, 0) is 38.1 Å². The third-order valence-corrected chi connectivity index (χ3v) is 3.16. The molecule has 2 heterocycles. The third kappa shape index (κ3) is 2.55. The standard InChI is InChI=1S/C11H15BrN2/c12-8-10-4-3-5-11(13-10)9-14-6-1-2-7-14/h3-5H,1-2,6-9H2. The van der Waals surface area contributed by atoms with Crippen molar-refractivity contribution in [1.29, 1.82) is 0 Å². The second-order valence-corrected chi connectivity index (χ2v) is 4.30. The molecule has 2 nitrogen and oxygen atoms in total. The highest BCUT2D eigenvalue weighted by molar-refractivity contribution is 9.08. The van der Waals surface area contributed by atoms with Gasteiger partial charge in [0.25, 0.3) is 0 Å². The van der Waals surface area contributed by atoms with Gasteiger partial charge in [0.1, 0.15) is 0 Å². The quantitative estimate of drug-likeness (QED) is 0.772. The summed E-state index contributed by atoms with van der Waals surface area (Å²) in [4.78, 5) is 7.04. The third-order valence-electron chi connectivity index (χ3n) is 2.59. The van der Waals surface area contributed by atoms with E-state index in [9.17, 15) is 0 Å². The van der Waals surface area contributed by atoms with Crippen molar-refractivity contribution in [3.8, 4) is 0 Å². The Morgan fingerprint density at radius 2 is 1.93 bits per heavy atom. The second-order valence-electron chi connectivity index (χ2n) is 3.74. The molecule has 0 atom stereocenters. The molecule has 0 saturated carbocycles. The average molecular weight is 255 g/mol. The molecule has 0 bridgehead atoms. The second kappa shape index (κ2) is 4.89. The molecule has 0 unspecified atom stereocenters. The number of hydrogen-bond acceptors (Lipinski definition) is 2. The van der Waals surface area contributed by atoms with Gasteiger partial charge in [-0.2, -0.15) is 0 Å². The predicted molar refractivity (Wildman–Crippen MR) is 61.4 cm³/mol. The first-order valence-corrected chi connectivity index (χ1v) is 6.24. The maximum absolute atomic E-state index is 4.57. The van der Waals surface area contributed by atoms with Crippen LogP contribution in [0, 0.1) is 0 Å². The van der Waals surface area contributed by atoms with Gasteiger partial charge in [-0.3, -0.25) is 9.88 Å². The Bertz CT molecular complexity index is 295. The summed E-state index contributed by atoms with van der Waals surface area (Å²) in [6, 6.07) is 6.27. The minimum Gasteiger partial charge on any atom is -0.298 e. The van der Waals surface area contributed by atoms with Gasteiger partial charge in [0.2, 0.25) is 0 Å². The van der Waals surface area contributed by atoms with Crippen molar-refractivity contribution in [2.24, 2.45) is 0 Å². The molecule has 3 heteroatoms. The van der Waals surface area contributed by atoms with Gasteiger partial charge >= 0.3 is 0 Å². The van der Waals surface area contributed by atoms with Gasteiger partial charge in [0.15, 0.2) is 0 Å². The monoisotopic (exact) mass is 254 g/mol. The van der Waals surface area contributed by atoms with Gasteiger partial charge in [-0.1, -0.05) is 22.0 Å². The van der Waals surface area contributed by atoms with E-state index in [-0.39, 0.29) is 0 Å². The summed E-state index contributed by atoms with van der Waals surface area (Å²) < 4.78 is 0. The van der Waals surface area contributed by atoms with E-state index in [2.05, 4.69) is 44.0 Å². The van der Waals surface area contributed by atoms with E-state index >= 15 is 0 Å². The smallest absolute Gasteiger partial charge is 0.0547 e. The van der Waals surface area contributed by atoms with Gasteiger partial charge in [-0.15, -0.1) is 0 Å². The number of pyridine rings is 1. The molecular formula is C11H15BrN2. The van der Waals surface area contributed by atoms with Gasteiger partial charge < -0.3 is 0 Å². The van der Waals surface area contributed by atoms with Crippen LogP contribution in [0.15, 0.2) is 18.2 Å². The molecule has 76 valence electrons. The van der Waals surface area contributed by atoms with Crippen molar-refractivity contribution in [3.05, 3.63) is 29.6 Å². The molecule has 0 radical (unpaired) electrons. The molecule has 1 aromatic heterocycles. The number of aromatic nitrogens is 1. The molecule has 1 aliphatic heterocycles. The number of halogens is 1. The average Bonchev–Trinajstić information content (AvgIpc) is 2.71. The van der Waals surface area contributed by atoms with Crippen molar-refractivity contribution >= 4 is 15.9 Å². The van der Waals surface area contributed by atoms with Crippen LogP contribution in [-0.2, 0) is 11.9 Å². The fourth-order valence-corrected chi connectivity index (χ4v) is 2.17. The van der Waals surface area contributed by atoms with E-state index < -0.39 is 0 Å². The first-order chi connectivity index (χ1) is 6.88. The van der Waals surface area contributed by atoms with Crippen molar-refractivity contribution < 1.29 is 0 Å². The number of likely N-dealkylation sites (tertiary alicyclic amines) is 1. The maximum Gasteiger partial charge on any atom is 0.0547 e. The molecule has 0 aliphatic carbocycles. The van der Waals surface area contributed by atoms with Crippen molar-refractivity contribution in [2.45, 2.75) is 24.7 Å². The van der Waals surface area contributed by atoms with E-state index in [1.807, 2.05) is 0 Å². The summed E-state index contributed by atoms with van der Waals surface area (Å²) in [5.41, 5.74) is 2.32. The maximum atomic E-state index is 4.57. The highest BCUT2D eigenvalue weighted by Crippen LogP contribution is 2.12. The first kappa shape index (κ1) is 10.1. The highest BCUT2D eigenvalue weighted by atomic mass is 79.9. The first-order valence-electron chi connectivity index (χ1n) is 5.11. The minimum absolute atomic E-state index is 0.848. The number of alkyl halides is 1. The van der Waals surface area contributed by atoms with Crippen LogP contribution in [-0.4, -0.2) is 23.0 Å². The molecule has 2 rings (SSSR count). The molecule has 1 saturated heterocycles. The Hall–Kier alpha value is -0.410. The fraction of sp³-hybridized carbons (Fsp3) is 0.545. The predicted octanol–water partition coefficient (Wildman–Crippen LogP) is 2.57. The number of nitrogens with zero attached hydrogens (tertiary/aromatic N) is 2. The molecule has 0 amide bonds. The highest BCUT2D eigenvalue weighted by Gasteiger charge is 2.12. The van der Waals surface area contributed by atoms with Crippen molar-refractivity contribution in [1.82, 2.24) is 9.88 Å². The van der Waals surface area contributed by atoms with Crippen LogP contribution in [0.2, 0.25) is 0 Å². The van der Waals surface area contributed by atoms with Crippen LogP contribution in [0.4, 0.5) is 0 Å². The Morgan fingerprint density at radius 3 is 2.64 bits per heavy atom. The van der Waals surface area contributed by atoms with E-state index in [1.54, 1.807) is 0 Å². The summed E-state index contributed by atoms with van der Waals surface area (Å²) in [6.45, 7) is 3.49. The van der Waals surface area contributed by atoms with Crippen LogP contribution in [0.3, 0.4) is 0 Å². The normalized spacial score (nSPS) is 17.5. The van der Waals surface area contributed by atoms with Crippen LogP contribution < -0.4 is 0 Å². The molecule has 1 fully saturated rings. The van der Waals surface area contributed by atoms with Crippen molar-refractivity contribution in [2.75, 3.05) is 13.1 Å². The van der Waals surface area contributed by atoms with Gasteiger partial charge in [-0.25, -0.2) is 0 Å². The largest absolute Gasteiger partial charge is 0.298 e. The zero-order chi connectivity index (χ0) is 9.80. The summed E-state index contributed by atoms with van der Waals surface area (Å²) >= 11 is 3.43. The lowest BCUT2D eigenvalue weighted by Gasteiger charge is -2.13. The minimum atomic E-state index is 0.848. The number of hydrogen-bond donors (Lipinski definition) is 0. The van der Waals surface area contributed by atoms with Crippen LogP contribution >= 0.6 is 15.9 Å². The summed E-state index contributed by atoms with van der Waals surface area (Å²) in [5, 5.41) is 0.848. The Kier molecular flexibility index (Phi) is 3.54. The Morgan fingerprint density at radius 1 is 1.21 bits per heavy atom. The Balaban J connectivity index is 2.00. The molecular weight excluding hydrogens is 240 g/mol. The summed E-state index contributed by atoms with van der Waals surface area (Å²) in [7, 11) is 0. The van der Waals surface area contributed by atoms with E-state index in [0.717, 1.165) is 17.6 Å². The summed E-state index contributed by atoms with van der Waals surface area (Å²) in [5.74, 6) is 0. The molecule has 1 aliphatic rings. The lowest BCUT2D eigenvalue weighted by atomic mass is 10.3. The molecule has 14 heavy (non-hydrogen) atoms. The van der Waals surface area contributed by atoms with E-state index in [4.69, 9.17) is 0 Å². The zero-order valence-corrected chi connectivity index (χ0v) is 9.83. The molecule has 0 aromatic carbocycles. The number of rotatable bonds is 3. The van der Waals surface area contributed by atoms with Crippen LogP contribution in [0.1, 0.15) is 24.2 Å². The fourth-order valence-electron chi connectivity index (χ4n) is 1.86. The molecule has 0 spiro atoms. The van der Waals surface area contributed by atoms with E-state index in [0.29, 0.717) is 0 Å². The summed E-state index contributed by atoms with van der Waals surface area (Å²) in [6.07, 6.45) is 2.69. The van der Waals surface area contributed by atoms with Gasteiger partial charge in [0, 0.05) is 11.9 Å². The van der Waals surface area contributed by atoms with Crippen LogP contribution in [0.5, 0.6) is 0 Å². The van der Waals surface area contributed by atoms with Crippen molar-refractivity contribution in [3.63, 3.8) is 0 Å². The topological polar surface area (TPSA) is 16.1 Å². The van der Waals surface area contributed by atoms with E-state index in [1.165, 1.54) is 31.6 Å². The molecule has 1 aromatic rings. The molecule has 0 N–H and O–H groups in total. The lowest BCUT2D eigenvalue weighted by Crippen LogP contribution is -2.19. The SMILES string of the molecule is BrCc1cccc(CN2CCCC2)n1. The lowest BCUT2D eigenvalue weighted by molar-refractivity contribution is 0.327. The van der Waals surface area contributed by atoms with Crippen LogP contribution in [0.25, 0.3) is 0 Å². The van der Waals surface area contributed by atoms with Gasteiger partial charge in [0.05, 0.1) is 11.4 Å². The zero-order valence-electron chi connectivity index (χ0n) is 8.25. The Labute approximate surface area is 93.5 Å².